The molecule has 0 spiro atoms. The minimum atomic E-state index is -0.508. The number of nitrogens with one attached hydrogen (secondary N) is 2. The Morgan fingerprint density at radius 2 is 1.73 bits per heavy atom. The van der Waals surface area contributed by atoms with Crippen molar-refractivity contribution in [1.29, 1.82) is 0 Å². The first kappa shape index (κ1) is 16.0. The molecule has 2 aromatic rings. The van der Waals surface area contributed by atoms with Crippen molar-refractivity contribution in [3.63, 3.8) is 0 Å². The van der Waals surface area contributed by atoms with Crippen LogP contribution in [-0.4, -0.2) is 20.4 Å². The van der Waals surface area contributed by atoms with Gasteiger partial charge in [0, 0.05) is 16.2 Å². The number of nitrogens with zero attached hydrogens (tertiary/aromatic N) is 3. The molecular formula is C14H16ClN5O2. The van der Waals surface area contributed by atoms with E-state index < -0.39 is 4.92 Å². The van der Waals surface area contributed by atoms with Crippen molar-refractivity contribution in [3.8, 4) is 0 Å². The van der Waals surface area contributed by atoms with Crippen molar-refractivity contribution in [2.45, 2.75) is 26.3 Å². The van der Waals surface area contributed by atoms with Crippen molar-refractivity contribution in [1.82, 2.24) is 9.97 Å². The molecule has 7 nitrogen and oxygen atoms in total. The maximum atomic E-state index is 11.4. The largest absolute Gasteiger partial charge is 0.360 e. The third kappa shape index (κ3) is 4.05. The Labute approximate surface area is 132 Å². The summed E-state index contributed by atoms with van der Waals surface area (Å²) >= 11 is 5.82. The lowest BCUT2D eigenvalue weighted by molar-refractivity contribution is -0.383. The second-order valence-electron chi connectivity index (χ2n) is 5.68. The Kier molecular flexibility index (Phi) is 4.46. The van der Waals surface area contributed by atoms with Crippen LogP contribution >= 0.6 is 11.6 Å². The van der Waals surface area contributed by atoms with Crippen LogP contribution in [0.2, 0.25) is 5.02 Å². The summed E-state index contributed by atoms with van der Waals surface area (Å²) in [5.41, 5.74) is 0.0803. The SMILES string of the molecule is CC(C)(C)Nc1ncnc(Nc2ccc(Cl)cc2)c1[N+](=O)[O-]. The number of halogens is 1. The summed E-state index contributed by atoms with van der Waals surface area (Å²) in [6.45, 7) is 5.68. The molecule has 0 bridgehead atoms. The zero-order valence-electron chi connectivity index (χ0n) is 12.4. The van der Waals surface area contributed by atoms with Crippen LogP contribution in [0, 0.1) is 10.1 Å². The van der Waals surface area contributed by atoms with Gasteiger partial charge in [-0.15, -0.1) is 0 Å². The summed E-state index contributed by atoms with van der Waals surface area (Å²) in [5, 5.41) is 17.9. The Morgan fingerprint density at radius 3 is 2.27 bits per heavy atom. The van der Waals surface area contributed by atoms with Gasteiger partial charge in [-0.25, -0.2) is 9.97 Å². The van der Waals surface area contributed by atoms with Crippen LogP contribution in [0.5, 0.6) is 0 Å². The van der Waals surface area contributed by atoms with E-state index >= 15 is 0 Å². The molecule has 0 atom stereocenters. The molecule has 1 aromatic heterocycles. The minimum absolute atomic E-state index is 0.120. The Hall–Kier alpha value is -2.41. The third-order valence-electron chi connectivity index (χ3n) is 2.61. The van der Waals surface area contributed by atoms with E-state index in [2.05, 4.69) is 20.6 Å². The predicted octanol–water partition coefficient (Wildman–Crippen LogP) is 3.99. The van der Waals surface area contributed by atoms with E-state index in [0.717, 1.165) is 0 Å². The van der Waals surface area contributed by atoms with E-state index in [1.54, 1.807) is 24.3 Å². The van der Waals surface area contributed by atoms with Gasteiger partial charge in [0.25, 0.3) is 0 Å². The average molecular weight is 322 g/mol. The summed E-state index contributed by atoms with van der Waals surface area (Å²) in [6, 6.07) is 6.80. The van der Waals surface area contributed by atoms with E-state index in [4.69, 9.17) is 11.6 Å². The van der Waals surface area contributed by atoms with Crippen LogP contribution in [0.1, 0.15) is 20.8 Å². The van der Waals surface area contributed by atoms with E-state index in [1.165, 1.54) is 6.33 Å². The normalized spacial score (nSPS) is 11.1. The van der Waals surface area contributed by atoms with Gasteiger partial charge in [-0.2, -0.15) is 0 Å². The second kappa shape index (κ2) is 6.15. The van der Waals surface area contributed by atoms with Crippen LogP contribution in [-0.2, 0) is 0 Å². The summed E-state index contributed by atoms with van der Waals surface area (Å²) in [7, 11) is 0. The number of rotatable bonds is 4. The smallest absolute Gasteiger partial charge is 0.353 e. The van der Waals surface area contributed by atoms with Gasteiger partial charge < -0.3 is 10.6 Å². The first-order valence-corrected chi connectivity index (χ1v) is 6.94. The number of hydrogen-bond donors (Lipinski definition) is 2. The molecule has 0 aliphatic rings. The quantitative estimate of drug-likeness (QED) is 0.653. The molecule has 2 N–H and O–H groups in total. The van der Waals surface area contributed by atoms with Crippen molar-refractivity contribution >= 4 is 34.6 Å². The van der Waals surface area contributed by atoms with Crippen LogP contribution < -0.4 is 10.6 Å². The van der Waals surface area contributed by atoms with Gasteiger partial charge in [0.1, 0.15) is 6.33 Å². The zero-order valence-corrected chi connectivity index (χ0v) is 13.2. The van der Waals surface area contributed by atoms with E-state index in [9.17, 15) is 10.1 Å². The highest BCUT2D eigenvalue weighted by molar-refractivity contribution is 6.30. The number of aromatic nitrogens is 2. The fraction of sp³-hybridized carbons (Fsp3) is 0.286. The van der Waals surface area contributed by atoms with E-state index in [-0.39, 0.29) is 22.9 Å². The van der Waals surface area contributed by atoms with Crippen molar-refractivity contribution < 1.29 is 4.92 Å². The van der Waals surface area contributed by atoms with E-state index in [1.807, 2.05) is 20.8 Å². The summed E-state index contributed by atoms with van der Waals surface area (Å²) < 4.78 is 0. The fourth-order valence-corrected chi connectivity index (χ4v) is 1.89. The van der Waals surface area contributed by atoms with Gasteiger partial charge in [-0.1, -0.05) is 11.6 Å². The molecule has 0 aliphatic carbocycles. The molecule has 8 heteroatoms. The topological polar surface area (TPSA) is 93.0 Å². The van der Waals surface area contributed by atoms with Crippen LogP contribution in [0.3, 0.4) is 0 Å². The highest BCUT2D eigenvalue weighted by atomic mass is 35.5. The first-order chi connectivity index (χ1) is 10.3. The number of anilines is 3. The monoisotopic (exact) mass is 321 g/mol. The van der Waals surface area contributed by atoms with Gasteiger partial charge in [0.2, 0.25) is 11.6 Å². The van der Waals surface area contributed by atoms with Gasteiger partial charge in [0.15, 0.2) is 0 Å². The highest BCUT2D eigenvalue weighted by Gasteiger charge is 2.25. The molecule has 1 aromatic carbocycles. The average Bonchev–Trinajstić information content (AvgIpc) is 2.39. The Morgan fingerprint density at radius 1 is 1.14 bits per heavy atom. The van der Waals surface area contributed by atoms with Gasteiger partial charge in [-0.05, 0) is 45.0 Å². The standard InChI is InChI=1S/C14H16ClN5O2/c1-14(2,3)19-13-11(20(21)22)12(16-8-17-13)18-10-6-4-9(15)5-7-10/h4-8H,1-3H3,(H2,16,17,18,19). The summed E-state index contributed by atoms with van der Waals surface area (Å²) in [6.07, 6.45) is 1.28. The molecule has 0 aliphatic heterocycles. The summed E-state index contributed by atoms with van der Waals surface area (Å²) in [4.78, 5) is 18.8. The lowest BCUT2D eigenvalue weighted by Crippen LogP contribution is -2.27. The molecule has 0 fully saturated rings. The molecule has 0 unspecified atom stereocenters. The number of benzene rings is 1. The van der Waals surface area contributed by atoms with Crippen molar-refractivity contribution in [2.24, 2.45) is 0 Å². The molecule has 0 saturated heterocycles. The lowest BCUT2D eigenvalue weighted by atomic mass is 10.1. The maximum absolute atomic E-state index is 11.4. The predicted molar refractivity (Wildman–Crippen MR) is 86.8 cm³/mol. The zero-order chi connectivity index (χ0) is 16.3. The van der Waals surface area contributed by atoms with Crippen molar-refractivity contribution in [2.75, 3.05) is 10.6 Å². The highest BCUT2D eigenvalue weighted by Crippen LogP contribution is 2.32. The van der Waals surface area contributed by atoms with Crippen LogP contribution in [0.25, 0.3) is 0 Å². The third-order valence-corrected chi connectivity index (χ3v) is 2.86. The van der Waals surface area contributed by atoms with Crippen molar-refractivity contribution in [3.05, 3.63) is 45.7 Å². The first-order valence-electron chi connectivity index (χ1n) is 6.56. The Balaban J connectivity index is 2.40. The lowest BCUT2D eigenvalue weighted by Gasteiger charge is -2.21. The molecule has 0 radical (unpaired) electrons. The van der Waals surface area contributed by atoms with Gasteiger partial charge in [0.05, 0.1) is 4.92 Å². The summed E-state index contributed by atoms with van der Waals surface area (Å²) in [5.74, 6) is 0.290. The molecule has 2 rings (SSSR count). The van der Waals surface area contributed by atoms with Gasteiger partial charge >= 0.3 is 5.69 Å². The molecule has 116 valence electrons. The van der Waals surface area contributed by atoms with E-state index in [0.29, 0.717) is 10.7 Å². The van der Waals surface area contributed by atoms with Crippen LogP contribution in [0.4, 0.5) is 23.0 Å². The molecule has 0 amide bonds. The molecule has 1 heterocycles. The maximum Gasteiger partial charge on any atom is 0.353 e. The number of nitro groups is 1. The Bertz CT molecular complexity index is 683. The molecule has 0 saturated carbocycles. The fourth-order valence-electron chi connectivity index (χ4n) is 1.76. The van der Waals surface area contributed by atoms with Gasteiger partial charge in [-0.3, -0.25) is 10.1 Å². The second-order valence-corrected chi connectivity index (χ2v) is 6.12. The minimum Gasteiger partial charge on any atom is -0.360 e. The van der Waals surface area contributed by atoms with Crippen LogP contribution in [0.15, 0.2) is 30.6 Å². The molecular weight excluding hydrogens is 306 g/mol. The number of hydrogen-bond acceptors (Lipinski definition) is 6. The molecule has 22 heavy (non-hydrogen) atoms.